The molecule has 3 aromatic rings. The third-order valence-corrected chi connectivity index (χ3v) is 6.16. The summed E-state index contributed by atoms with van der Waals surface area (Å²) in [6.07, 6.45) is 1.16. The highest BCUT2D eigenvalue weighted by atomic mass is 16.5. The number of piperidine rings is 1. The number of pyridine rings is 2. The first kappa shape index (κ1) is 22.8. The van der Waals surface area contributed by atoms with Gasteiger partial charge >= 0.3 is 5.97 Å². The normalized spacial score (nSPS) is 18.4. The summed E-state index contributed by atoms with van der Waals surface area (Å²) < 4.78 is 10.6. The Balaban J connectivity index is 2.03. The minimum Gasteiger partial charge on any atom is -0.491 e. The van der Waals surface area contributed by atoms with Crippen molar-refractivity contribution in [2.75, 3.05) is 31.7 Å². The first-order valence-corrected chi connectivity index (χ1v) is 11.5. The van der Waals surface area contributed by atoms with Gasteiger partial charge in [0.15, 0.2) is 5.75 Å². The molecule has 1 N–H and O–H groups in total. The van der Waals surface area contributed by atoms with Crippen molar-refractivity contribution in [3.05, 3.63) is 51.8 Å². The van der Waals surface area contributed by atoms with Crippen molar-refractivity contribution >= 4 is 22.7 Å². The summed E-state index contributed by atoms with van der Waals surface area (Å²) in [5.41, 5.74) is 1.99. The fraction of sp³-hybridized carbons (Fsp3) is 0.423. The molecule has 7 heteroatoms. The van der Waals surface area contributed by atoms with Crippen LogP contribution in [0.2, 0.25) is 0 Å². The zero-order valence-electron chi connectivity index (χ0n) is 19.9. The fourth-order valence-electron chi connectivity index (χ4n) is 4.92. The van der Waals surface area contributed by atoms with Crippen LogP contribution in [-0.2, 0) is 4.74 Å². The van der Waals surface area contributed by atoms with E-state index in [1.807, 2.05) is 30.3 Å². The second-order valence-corrected chi connectivity index (χ2v) is 8.99. The summed E-state index contributed by atoms with van der Waals surface area (Å²) in [5, 5.41) is 0.929. The van der Waals surface area contributed by atoms with E-state index in [4.69, 9.17) is 14.5 Å². The van der Waals surface area contributed by atoms with E-state index in [2.05, 4.69) is 23.7 Å². The quantitative estimate of drug-likeness (QED) is 0.575. The Labute approximate surface area is 193 Å². The Morgan fingerprint density at radius 2 is 1.91 bits per heavy atom. The van der Waals surface area contributed by atoms with Gasteiger partial charge in [-0.1, -0.05) is 32.0 Å². The van der Waals surface area contributed by atoms with Crippen LogP contribution in [0.4, 0.5) is 5.82 Å². The number of aromatic nitrogens is 2. The number of esters is 1. The number of aromatic amines is 1. The highest BCUT2D eigenvalue weighted by Gasteiger charge is 2.29. The van der Waals surface area contributed by atoms with Gasteiger partial charge in [-0.3, -0.25) is 4.79 Å². The summed E-state index contributed by atoms with van der Waals surface area (Å²) in [6, 6.07) is 9.88. The van der Waals surface area contributed by atoms with E-state index in [0.717, 1.165) is 36.2 Å². The molecule has 0 amide bonds. The second kappa shape index (κ2) is 9.25. The number of rotatable bonds is 5. The number of carbonyl (C=O) groups excluding carboxylic acids is 1. The Kier molecular flexibility index (Phi) is 6.40. The zero-order chi connectivity index (χ0) is 23.7. The number of hydrogen-bond acceptors (Lipinski definition) is 6. The maximum Gasteiger partial charge on any atom is 0.344 e. The van der Waals surface area contributed by atoms with E-state index in [1.54, 1.807) is 13.8 Å². The summed E-state index contributed by atoms with van der Waals surface area (Å²) in [4.78, 5) is 36.8. The lowest BCUT2D eigenvalue weighted by atomic mass is 9.91. The fourth-order valence-corrected chi connectivity index (χ4v) is 4.92. The van der Waals surface area contributed by atoms with Crippen LogP contribution in [0.3, 0.4) is 0 Å². The molecule has 0 aliphatic carbocycles. The average Bonchev–Trinajstić information content (AvgIpc) is 2.77. The van der Waals surface area contributed by atoms with E-state index in [-0.39, 0.29) is 17.9 Å². The minimum atomic E-state index is -0.675. The van der Waals surface area contributed by atoms with Gasteiger partial charge in [-0.25, -0.2) is 9.78 Å². The third-order valence-electron chi connectivity index (χ3n) is 6.16. The van der Waals surface area contributed by atoms with Crippen molar-refractivity contribution in [1.29, 1.82) is 0 Å². The van der Waals surface area contributed by atoms with Crippen LogP contribution in [0.5, 0.6) is 5.75 Å². The molecule has 0 bridgehead atoms. The number of fused-ring (bicyclic) bond motifs is 1. The van der Waals surface area contributed by atoms with E-state index in [1.165, 1.54) is 7.11 Å². The topological polar surface area (TPSA) is 84.5 Å². The predicted molar refractivity (Wildman–Crippen MR) is 130 cm³/mol. The standard InChI is InChI=1S/C26H31N3O4/c1-6-33-26(31)21-22(27-17(4)24(32-5)23(21)30)19-12-18-9-7-8-10-20(18)28-25(19)29-13-15(2)11-16(3)14-29/h7-10,12,15-16H,6,11,13-14H2,1-5H3,(H,27,30)/t15-,16+. The van der Waals surface area contributed by atoms with E-state index in [9.17, 15) is 9.59 Å². The van der Waals surface area contributed by atoms with E-state index in [0.29, 0.717) is 28.8 Å². The first-order valence-electron chi connectivity index (χ1n) is 11.5. The Hall–Kier alpha value is -3.35. The van der Waals surface area contributed by atoms with Gasteiger partial charge in [-0.05, 0) is 44.2 Å². The molecule has 0 unspecified atom stereocenters. The molecule has 1 fully saturated rings. The van der Waals surface area contributed by atoms with Crippen LogP contribution < -0.4 is 15.1 Å². The van der Waals surface area contributed by atoms with Crippen molar-refractivity contribution in [3.63, 3.8) is 0 Å². The van der Waals surface area contributed by atoms with Gasteiger partial charge in [0.1, 0.15) is 11.4 Å². The number of para-hydroxylation sites is 1. The smallest absolute Gasteiger partial charge is 0.344 e. The number of aryl methyl sites for hydroxylation is 1. The number of nitrogens with one attached hydrogen (secondary N) is 1. The van der Waals surface area contributed by atoms with Gasteiger partial charge in [-0.2, -0.15) is 0 Å². The number of methoxy groups -OCH3 is 1. The molecule has 1 aliphatic rings. The molecule has 33 heavy (non-hydrogen) atoms. The monoisotopic (exact) mass is 449 g/mol. The average molecular weight is 450 g/mol. The number of ether oxygens (including phenoxy) is 2. The summed E-state index contributed by atoms with van der Waals surface area (Å²) in [7, 11) is 1.42. The Morgan fingerprint density at radius 1 is 1.21 bits per heavy atom. The summed E-state index contributed by atoms with van der Waals surface area (Å²) in [6.45, 7) is 9.85. The maximum atomic E-state index is 13.3. The van der Waals surface area contributed by atoms with Gasteiger partial charge < -0.3 is 19.4 Å². The van der Waals surface area contributed by atoms with E-state index < -0.39 is 11.4 Å². The second-order valence-electron chi connectivity index (χ2n) is 8.99. The lowest BCUT2D eigenvalue weighted by molar-refractivity contribution is 0.0525. The zero-order valence-corrected chi connectivity index (χ0v) is 19.9. The van der Waals surface area contributed by atoms with Crippen LogP contribution in [0.1, 0.15) is 43.2 Å². The number of carbonyl (C=O) groups is 1. The highest BCUT2D eigenvalue weighted by molar-refractivity contribution is 6.00. The summed E-state index contributed by atoms with van der Waals surface area (Å²) >= 11 is 0. The molecular weight excluding hydrogens is 418 g/mol. The van der Waals surface area contributed by atoms with Crippen molar-refractivity contribution in [2.24, 2.45) is 11.8 Å². The molecule has 2 atom stereocenters. The van der Waals surface area contributed by atoms with Crippen LogP contribution in [0.25, 0.3) is 22.2 Å². The van der Waals surface area contributed by atoms with Gasteiger partial charge in [0.2, 0.25) is 5.43 Å². The number of hydrogen-bond donors (Lipinski definition) is 1. The minimum absolute atomic E-state index is 0.0595. The summed E-state index contributed by atoms with van der Waals surface area (Å²) in [5.74, 6) is 1.22. The Bertz CT molecular complexity index is 1240. The van der Waals surface area contributed by atoms with Gasteiger partial charge in [0, 0.05) is 24.0 Å². The molecular formula is C26H31N3O4. The van der Waals surface area contributed by atoms with Crippen LogP contribution in [-0.4, -0.2) is 42.7 Å². The number of nitrogens with zero attached hydrogens (tertiary/aromatic N) is 2. The van der Waals surface area contributed by atoms with Crippen LogP contribution >= 0.6 is 0 Å². The van der Waals surface area contributed by atoms with Gasteiger partial charge in [-0.15, -0.1) is 0 Å². The molecule has 1 aromatic carbocycles. The number of H-pyrrole nitrogens is 1. The lowest BCUT2D eigenvalue weighted by Crippen LogP contribution is -2.39. The third kappa shape index (κ3) is 4.32. The molecule has 4 rings (SSSR count). The van der Waals surface area contributed by atoms with Gasteiger partial charge in [0.25, 0.3) is 0 Å². The SMILES string of the molecule is CCOC(=O)c1c(-c2cc3ccccc3nc2N2C[C@H](C)C[C@H](C)C2)[nH]c(C)c(OC)c1=O. The highest BCUT2D eigenvalue weighted by Crippen LogP contribution is 2.36. The van der Waals surface area contributed by atoms with Crippen molar-refractivity contribution in [2.45, 2.75) is 34.1 Å². The van der Waals surface area contributed by atoms with Crippen molar-refractivity contribution in [3.8, 4) is 17.0 Å². The van der Waals surface area contributed by atoms with Crippen molar-refractivity contribution in [1.82, 2.24) is 9.97 Å². The molecule has 3 heterocycles. The molecule has 1 saturated heterocycles. The molecule has 0 radical (unpaired) electrons. The number of anilines is 1. The largest absolute Gasteiger partial charge is 0.491 e. The molecule has 2 aromatic heterocycles. The molecule has 7 nitrogen and oxygen atoms in total. The van der Waals surface area contributed by atoms with E-state index >= 15 is 0 Å². The number of benzene rings is 1. The lowest BCUT2D eigenvalue weighted by Gasteiger charge is -2.37. The van der Waals surface area contributed by atoms with Crippen LogP contribution in [0.15, 0.2) is 35.1 Å². The van der Waals surface area contributed by atoms with Crippen molar-refractivity contribution < 1.29 is 14.3 Å². The maximum absolute atomic E-state index is 13.3. The van der Waals surface area contributed by atoms with Gasteiger partial charge in [0.05, 0.1) is 30.6 Å². The molecule has 0 spiro atoms. The Morgan fingerprint density at radius 3 is 2.58 bits per heavy atom. The first-order chi connectivity index (χ1) is 15.8. The molecule has 1 aliphatic heterocycles. The van der Waals surface area contributed by atoms with Crippen LogP contribution in [0, 0.1) is 18.8 Å². The molecule has 0 saturated carbocycles. The predicted octanol–water partition coefficient (Wildman–Crippen LogP) is 4.57. The molecule has 174 valence electrons.